The van der Waals surface area contributed by atoms with E-state index in [1.807, 2.05) is 12.1 Å². The van der Waals surface area contributed by atoms with Gasteiger partial charge < -0.3 is 10.6 Å². The lowest BCUT2D eigenvalue weighted by molar-refractivity contribution is -0.101. The molecule has 40 heavy (non-hydrogen) atoms. The fourth-order valence-electron chi connectivity index (χ4n) is 5.73. The Balaban J connectivity index is 1.45. The van der Waals surface area contributed by atoms with E-state index >= 15 is 0 Å². The van der Waals surface area contributed by atoms with Crippen LogP contribution < -0.4 is 10.6 Å². The van der Waals surface area contributed by atoms with E-state index in [2.05, 4.69) is 85.0 Å². The van der Waals surface area contributed by atoms with Crippen LogP contribution in [0.4, 0.5) is 15.8 Å². The lowest BCUT2D eigenvalue weighted by Crippen LogP contribution is -2.60. The summed E-state index contributed by atoms with van der Waals surface area (Å²) < 4.78 is 17.0. The summed E-state index contributed by atoms with van der Waals surface area (Å²) in [6.45, 7) is 8.82. The number of anilines is 2. The number of aryl methyl sites for hydroxylation is 1. The summed E-state index contributed by atoms with van der Waals surface area (Å²) >= 11 is 9.09. The van der Waals surface area contributed by atoms with Crippen LogP contribution in [-0.4, -0.2) is 31.5 Å². The molecule has 1 aromatic carbocycles. The summed E-state index contributed by atoms with van der Waals surface area (Å²) in [4.78, 5) is 8.57. The van der Waals surface area contributed by atoms with Crippen LogP contribution in [0.1, 0.15) is 68.6 Å². The van der Waals surface area contributed by atoms with Crippen LogP contribution in [0.5, 0.6) is 0 Å². The Labute approximate surface area is 250 Å². The number of rotatable bonds is 7. The van der Waals surface area contributed by atoms with E-state index in [0.29, 0.717) is 39.7 Å². The van der Waals surface area contributed by atoms with Gasteiger partial charge in [0.15, 0.2) is 0 Å². The number of benzene rings is 1. The molecule has 3 aliphatic carbocycles. The minimum Gasteiger partial charge on any atom is -0.383 e. The molecular formula is C29H29ClFIN8. The van der Waals surface area contributed by atoms with Gasteiger partial charge in [-0.2, -0.15) is 9.65 Å². The standard InChI is InChI=1S/C29H29ClFIN8/c1-15-19(5-6-22(31)36-15)25(26-27(32)40(39-38-26)29-9-16(10-29)11-29)37-18-7-20-23(35-14-28(2,3)4)17(12-33)13-34-24(20)21(30)8-18/h5-8,13,16,25,37H,9-11,14H2,1-4H3,(H,34,35)/t16?,25-,29?/m0/s1. The number of nitrogens with one attached hydrogen (secondary N) is 2. The molecule has 3 saturated carbocycles. The summed E-state index contributed by atoms with van der Waals surface area (Å²) in [5.41, 5.74) is 4.59. The SMILES string of the molecule is Cc1nc(F)ccc1[C@H](Nc1cc(Cl)c2ncc(C#N)c(NCC(C)(C)C)c2c1)c1nnn(C23CC(C2)C3)c1I. The lowest BCUT2D eigenvalue weighted by Gasteiger charge is -2.61. The number of nitrogens with zero attached hydrogens (tertiary/aromatic N) is 6. The fraction of sp³-hybridized carbons (Fsp3) is 0.414. The minimum atomic E-state index is -0.536. The molecule has 2 N–H and O–H groups in total. The molecule has 4 aromatic rings. The molecule has 8 nitrogen and oxygen atoms in total. The number of fused-ring (bicyclic) bond motifs is 1. The Hall–Kier alpha value is -3.04. The topological polar surface area (TPSA) is 104 Å². The van der Waals surface area contributed by atoms with E-state index in [1.54, 1.807) is 19.2 Å². The predicted octanol–water partition coefficient (Wildman–Crippen LogP) is 6.97. The van der Waals surface area contributed by atoms with Gasteiger partial charge >= 0.3 is 0 Å². The molecule has 0 saturated heterocycles. The van der Waals surface area contributed by atoms with Gasteiger partial charge in [-0.1, -0.05) is 43.7 Å². The highest BCUT2D eigenvalue weighted by atomic mass is 127. The van der Waals surface area contributed by atoms with Gasteiger partial charge in [0.25, 0.3) is 0 Å². The van der Waals surface area contributed by atoms with Crippen molar-refractivity contribution in [1.82, 2.24) is 25.0 Å². The first-order chi connectivity index (χ1) is 19.0. The number of pyridine rings is 2. The van der Waals surface area contributed by atoms with Crippen molar-refractivity contribution < 1.29 is 4.39 Å². The number of hydrogen-bond acceptors (Lipinski definition) is 7. The fourth-order valence-corrected chi connectivity index (χ4v) is 7.03. The normalized spacial score (nSPS) is 20.4. The molecule has 0 aliphatic heterocycles. The Morgan fingerprint density at radius 3 is 2.65 bits per heavy atom. The molecule has 11 heteroatoms. The maximum Gasteiger partial charge on any atom is 0.213 e. The Bertz CT molecular complexity index is 1670. The van der Waals surface area contributed by atoms with Crippen molar-refractivity contribution in [3.05, 3.63) is 67.6 Å². The van der Waals surface area contributed by atoms with Gasteiger partial charge in [0.05, 0.1) is 27.3 Å². The molecule has 206 valence electrons. The summed E-state index contributed by atoms with van der Waals surface area (Å²) in [5, 5.41) is 27.3. The second-order valence-electron chi connectivity index (χ2n) is 12.2. The molecule has 0 spiro atoms. The number of hydrogen-bond donors (Lipinski definition) is 2. The first kappa shape index (κ1) is 27.1. The van der Waals surface area contributed by atoms with Crippen LogP contribution in [0.3, 0.4) is 0 Å². The molecule has 0 amide bonds. The zero-order valence-corrected chi connectivity index (χ0v) is 25.6. The van der Waals surface area contributed by atoms with Crippen LogP contribution in [0.25, 0.3) is 10.9 Å². The molecular weight excluding hydrogens is 642 g/mol. The molecule has 3 aliphatic rings. The highest BCUT2D eigenvalue weighted by molar-refractivity contribution is 14.1. The largest absolute Gasteiger partial charge is 0.383 e. The van der Waals surface area contributed by atoms with E-state index in [0.717, 1.165) is 45.5 Å². The highest BCUT2D eigenvalue weighted by Gasteiger charge is 2.59. The van der Waals surface area contributed by atoms with E-state index in [-0.39, 0.29) is 11.0 Å². The van der Waals surface area contributed by atoms with E-state index in [1.165, 1.54) is 6.07 Å². The van der Waals surface area contributed by atoms with E-state index in [9.17, 15) is 9.65 Å². The predicted molar refractivity (Wildman–Crippen MR) is 162 cm³/mol. The molecule has 3 aromatic heterocycles. The number of nitriles is 1. The molecule has 3 heterocycles. The van der Waals surface area contributed by atoms with Gasteiger partial charge in [0.1, 0.15) is 21.5 Å². The van der Waals surface area contributed by atoms with Gasteiger partial charge in [0.2, 0.25) is 5.95 Å². The lowest BCUT2D eigenvalue weighted by atomic mass is 9.50. The zero-order chi connectivity index (χ0) is 28.4. The first-order valence-corrected chi connectivity index (χ1v) is 14.7. The van der Waals surface area contributed by atoms with Gasteiger partial charge in [-0.15, -0.1) is 5.10 Å². The van der Waals surface area contributed by atoms with Crippen molar-refractivity contribution >= 4 is 56.5 Å². The Morgan fingerprint density at radius 2 is 2.02 bits per heavy atom. The van der Waals surface area contributed by atoms with Crippen LogP contribution in [0, 0.1) is 39.2 Å². The molecule has 0 radical (unpaired) electrons. The Morgan fingerprint density at radius 1 is 1.27 bits per heavy atom. The van der Waals surface area contributed by atoms with Gasteiger partial charge in [-0.3, -0.25) is 4.98 Å². The van der Waals surface area contributed by atoms with Crippen molar-refractivity contribution in [3.8, 4) is 6.07 Å². The van der Waals surface area contributed by atoms with Crippen molar-refractivity contribution in [1.29, 1.82) is 5.26 Å². The number of halogens is 3. The monoisotopic (exact) mass is 670 g/mol. The third-order valence-corrected chi connectivity index (χ3v) is 9.22. The van der Waals surface area contributed by atoms with Crippen LogP contribution in [-0.2, 0) is 5.54 Å². The van der Waals surface area contributed by atoms with Crippen molar-refractivity contribution in [2.45, 2.75) is 58.5 Å². The van der Waals surface area contributed by atoms with Crippen molar-refractivity contribution in [2.24, 2.45) is 11.3 Å². The maximum atomic E-state index is 14.0. The molecule has 1 atom stereocenters. The Kier molecular flexibility index (Phi) is 6.65. The maximum absolute atomic E-state index is 14.0. The molecule has 3 fully saturated rings. The third-order valence-electron chi connectivity index (χ3n) is 7.92. The highest BCUT2D eigenvalue weighted by Crippen LogP contribution is 2.62. The van der Waals surface area contributed by atoms with Gasteiger partial charge in [0, 0.05) is 35.1 Å². The summed E-state index contributed by atoms with van der Waals surface area (Å²) in [5.74, 6) is 0.263. The molecule has 7 rings (SSSR count). The van der Waals surface area contributed by atoms with Crippen LogP contribution in [0.15, 0.2) is 30.5 Å². The number of aromatic nitrogens is 5. The average Bonchev–Trinajstić information content (AvgIpc) is 3.19. The van der Waals surface area contributed by atoms with Crippen molar-refractivity contribution in [2.75, 3.05) is 17.2 Å². The summed E-state index contributed by atoms with van der Waals surface area (Å²) in [6, 6.07) is 8.64. The van der Waals surface area contributed by atoms with Crippen LogP contribution >= 0.6 is 34.2 Å². The first-order valence-electron chi connectivity index (χ1n) is 13.3. The molecule has 2 bridgehead atoms. The van der Waals surface area contributed by atoms with Gasteiger partial charge in [-0.25, -0.2) is 9.67 Å². The van der Waals surface area contributed by atoms with Crippen molar-refractivity contribution in [3.63, 3.8) is 0 Å². The second-order valence-corrected chi connectivity index (χ2v) is 13.6. The summed E-state index contributed by atoms with van der Waals surface area (Å²) in [7, 11) is 0. The average molecular weight is 671 g/mol. The quantitative estimate of drug-likeness (QED) is 0.162. The minimum absolute atomic E-state index is 0.0108. The zero-order valence-electron chi connectivity index (χ0n) is 22.7. The third kappa shape index (κ3) is 4.67. The van der Waals surface area contributed by atoms with Gasteiger partial charge in [-0.05, 0) is 78.3 Å². The smallest absolute Gasteiger partial charge is 0.213 e. The molecule has 0 unspecified atom stereocenters. The van der Waals surface area contributed by atoms with Crippen LogP contribution in [0.2, 0.25) is 5.02 Å². The van der Waals surface area contributed by atoms with E-state index < -0.39 is 12.0 Å². The summed E-state index contributed by atoms with van der Waals surface area (Å²) in [6.07, 6.45) is 4.97. The van der Waals surface area contributed by atoms with E-state index in [4.69, 9.17) is 11.6 Å². The second kappa shape index (κ2) is 9.80.